The molecule has 22 heavy (non-hydrogen) atoms. The molecule has 1 N–H and O–H groups in total. The van der Waals surface area contributed by atoms with Crippen molar-refractivity contribution in [1.82, 2.24) is 10.3 Å². The number of rotatable bonds is 4. The maximum atomic E-state index is 12.5. The number of pyridine rings is 1. The van der Waals surface area contributed by atoms with Gasteiger partial charge in [-0.15, -0.1) is 0 Å². The van der Waals surface area contributed by atoms with Gasteiger partial charge in [-0.25, -0.2) is 0 Å². The zero-order chi connectivity index (χ0) is 14.7. The third-order valence-electron chi connectivity index (χ3n) is 5.16. The second-order valence-corrected chi connectivity index (χ2v) is 6.58. The molecule has 2 saturated carbocycles. The number of amides is 1. The molecule has 0 saturated heterocycles. The van der Waals surface area contributed by atoms with Crippen molar-refractivity contribution in [3.8, 4) is 0 Å². The number of carbonyl (C=O) groups is 1. The van der Waals surface area contributed by atoms with Gasteiger partial charge in [0.25, 0.3) is 5.91 Å². The monoisotopic (exact) mass is 288 g/mol. The number of nitrogens with zero attached hydrogens (tertiary/aromatic N) is 1. The summed E-state index contributed by atoms with van der Waals surface area (Å²) in [7, 11) is 0. The van der Waals surface area contributed by atoms with Gasteiger partial charge in [0.05, 0.1) is 0 Å². The molecule has 1 aromatic rings. The molecular formula is C19H16N2O. The van der Waals surface area contributed by atoms with Crippen LogP contribution in [0.25, 0.3) is 0 Å². The number of allylic oxidation sites excluding steroid dienone is 6. The van der Waals surface area contributed by atoms with Crippen molar-refractivity contribution in [3.05, 3.63) is 76.2 Å². The van der Waals surface area contributed by atoms with Crippen LogP contribution in [0.15, 0.2) is 70.5 Å². The summed E-state index contributed by atoms with van der Waals surface area (Å²) >= 11 is 0. The molecule has 5 rings (SSSR count). The summed E-state index contributed by atoms with van der Waals surface area (Å²) in [5, 5.41) is 3.13. The van der Waals surface area contributed by atoms with Crippen molar-refractivity contribution in [3.63, 3.8) is 0 Å². The first kappa shape index (κ1) is 12.2. The molecule has 108 valence electrons. The molecular weight excluding hydrogens is 272 g/mol. The molecule has 0 unspecified atom stereocenters. The van der Waals surface area contributed by atoms with Gasteiger partial charge < -0.3 is 5.32 Å². The average molecular weight is 288 g/mol. The molecule has 4 aliphatic rings. The first-order valence-corrected chi connectivity index (χ1v) is 7.83. The van der Waals surface area contributed by atoms with Crippen molar-refractivity contribution in [2.24, 2.45) is 0 Å². The Balaban J connectivity index is 1.33. The van der Waals surface area contributed by atoms with E-state index < -0.39 is 0 Å². The molecule has 2 fully saturated rings. The molecule has 0 radical (unpaired) electrons. The highest BCUT2D eigenvalue weighted by atomic mass is 16.1. The van der Waals surface area contributed by atoms with Crippen LogP contribution in [0.1, 0.15) is 25.0 Å². The highest BCUT2D eigenvalue weighted by Gasteiger charge is 2.46. The predicted octanol–water partition coefficient (Wildman–Crippen LogP) is 2.74. The average Bonchev–Trinajstić information content (AvgIpc) is 3.43. The smallest absolute Gasteiger partial charge is 0.251 e. The number of hydrogen-bond acceptors (Lipinski definition) is 2. The lowest BCUT2D eigenvalue weighted by Crippen LogP contribution is -2.33. The second-order valence-electron chi connectivity index (χ2n) is 6.58. The lowest BCUT2D eigenvalue weighted by Gasteiger charge is -2.15. The van der Waals surface area contributed by atoms with E-state index in [0.29, 0.717) is 6.54 Å². The van der Waals surface area contributed by atoms with Crippen LogP contribution >= 0.6 is 0 Å². The van der Waals surface area contributed by atoms with E-state index >= 15 is 0 Å². The summed E-state index contributed by atoms with van der Waals surface area (Å²) < 4.78 is 0. The standard InChI is InChI=1S/C19H16N2O/c22-18(14-5-4-13-15-9-12(15)10-16(13)14)21-11-19(6-7-19)17-3-1-2-8-20-17/h1-5,8,10H,6-7,9,11H2,(H,21,22). The van der Waals surface area contributed by atoms with Gasteiger partial charge >= 0.3 is 0 Å². The number of fused-ring (bicyclic) bond motifs is 2. The van der Waals surface area contributed by atoms with Crippen LogP contribution in [0.3, 0.4) is 0 Å². The fraction of sp³-hybridized carbons (Fsp3) is 0.263. The zero-order valence-corrected chi connectivity index (χ0v) is 12.2. The zero-order valence-electron chi connectivity index (χ0n) is 12.2. The lowest BCUT2D eigenvalue weighted by atomic mass is 10.0. The van der Waals surface area contributed by atoms with E-state index in [4.69, 9.17) is 0 Å². The minimum absolute atomic E-state index is 0.0437. The highest BCUT2D eigenvalue weighted by Crippen LogP contribution is 2.51. The van der Waals surface area contributed by atoms with Crippen LogP contribution in [-0.2, 0) is 10.2 Å². The predicted molar refractivity (Wildman–Crippen MR) is 84.1 cm³/mol. The Morgan fingerprint density at radius 1 is 1.23 bits per heavy atom. The number of carbonyl (C=O) groups excluding carboxylic acids is 1. The molecule has 1 heterocycles. The van der Waals surface area contributed by atoms with Gasteiger partial charge in [0.1, 0.15) is 0 Å². The molecule has 4 aliphatic carbocycles. The third kappa shape index (κ3) is 1.68. The molecule has 0 aliphatic heterocycles. The van der Waals surface area contributed by atoms with Crippen LogP contribution in [0.5, 0.6) is 0 Å². The topological polar surface area (TPSA) is 42.0 Å². The summed E-state index contributed by atoms with van der Waals surface area (Å²) in [5.41, 5.74) is 7.21. The number of aromatic nitrogens is 1. The molecule has 1 aromatic heterocycles. The van der Waals surface area contributed by atoms with Crippen molar-refractivity contribution in [2.75, 3.05) is 6.54 Å². The third-order valence-corrected chi connectivity index (χ3v) is 5.16. The fourth-order valence-electron chi connectivity index (χ4n) is 3.53. The SMILES string of the molecule is O=C(NCC1(c2ccccn2)CC1)C1=C2C=C3CC3=C2C=C1. The Morgan fingerprint density at radius 2 is 2.14 bits per heavy atom. The normalized spacial score (nSPS) is 22.5. The summed E-state index contributed by atoms with van der Waals surface area (Å²) in [6.07, 6.45) is 11.4. The Bertz CT molecular complexity index is 820. The van der Waals surface area contributed by atoms with Crippen molar-refractivity contribution >= 4 is 5.91 Å². The van der Waals surface area contributed by atoms with Crippen LogP contribution in [0.2, 0.25) is 0 Å². The minimum Gasteiger partial charge on any atom is -0.351 e. The van der Waals surface area contributed by atoms with Gasteiger partial charge in [0, 0.05) is 29.4 Å². The van der Waals surface area contributed by atoms with Gasteiger partial charge in [-0.05, 0) is 65.8 Å². The van der Waals surface area contributed by atoms with Crippen LogP contribution in [-0.4, -0.2) is 17.4 Å². The first-order chi connectivity index (χ1) is 10.8. The summed E-state index contributed by atoms with van der Waals surface area (Å²) in [6, 6.07) is 6.01. The Kier molecular flexibility index (Phi) is 2.25. The largest absolute Gasteiger partial charge is 0.351 e. The van der Waals surface area contributed by atoms with E-state index in [2.05, 4.69) is 28.5 Å². The van der Waals surface area contributed by atoms with E-state index in [0.717, 1.165) is 36.1 Å². The quantitative estimate of drug-likeness (QED) is 0.925. The molecule has 0 aromatic carbocycles. The maximum Gasteiger partial charge on any atom is 0.251 e. The second kappa shape index (κ2) is 4.07. The molecule has 0 bridgehead atoms. The van der Waals surface area contributed by atoms with E-state index in [1.807, 2.05) is 24.4 Å². The van der Waals surface area contributed by atoms with Crippen LogP contribution in [0, 0.1) is 0 Å². The van der Waals surface area contributed by atoms with Gasteiger partial charge in [-0.2, -0.15) is 0 Å². The molecule has 1 amide bonds. The van der Waals surface area contributed by atoms with E-state index in [9.17, 15) is 4.79 Å². The maximum absolute atomic E-state index is 12.5. The van der Waals surface area contributed by atoms with Crippen LogP contribution < -0.4 is 5.32 Å². The Hall–Kier alpha value is -2.42. The van der Waals surface area contributed by atoms with E-state index in [1.165, 1.54) is 16.7 Å². The number of hydrogen-bond donors (Lipinski definition) is 1. The van der Waals surface area contributed by atoms with Crippen molar-refractivity contribution < 1.29 is 4.79 Å². The van der Waals surface area contributed by atoms with Gasteiger partial charge in [-0.3, -0.25) is 9.78 Å². The number of nitrogens with one attached hydrogen (secondary N) is 1. The molecule has 0 spiro atoms. The Morgan fingerprint density at radius 3 is 2.91 bits per heavy atom. The van der Waals surface area contributed by atoms with Crippen molar-refractivity contribution in [1.29, 1.82) is 0 Å². The van der Waals surface area contributed by atoms with E-state index in [-0.39, 0.29) is 11.3 Å². The van der Waals surface area contributed by atoms with Gasteiger partial charge in [0.15, 0.2) is 0 Å². The minimum atomic E-state index is 0.0437. The molecule has 3 heteroatoms. The molecule has 3 nitrogen and oxygen atoms in total. The van der Waals surface area contributed by atoms with Gasteiger partial charge in [0.2, 0.25) is 0 Å². The first-order valence-electron chi connectivity index (χ1n) is 7.83. The molecule has 0 atom stereocenters. The summed E-state index contributed by atoms with van der Waals surface area (Å²) in [6.45, 7) is 0.677. The lowest BCUT2D eigenvalue weighted by molar-refractivity contribution is -0.117. The summed E-state index contributed by atoms with van der Waals surface area (Å²) in [4.78, 5) is 17.0. The fourth-order valence-corrected chi connectivity index (χ4v) is 3.53. The van der Waals surface area contributed by atoms with E-state index in [1.54, 1.807) is 0 Å². The summed E-state index contributed by atoms with van der Waals surface area (Å²) in [5.74, 6) is 0.0437. The van der Waals surface area contributed by atoms with Crippen molar-refractivity contribution in [2.45, 2.75) is 24.7 Å². The van der Waals surface area contributed by atoms with Gasteiger partial charge in [-0.1, -0.05) is 12.1 Å². The highest BCUT2D eigenvalue weighted by molar-refractivity contribution is 6.01. The Labute approximate surface area is 129 Å². The van der Waals surface area contributed by atoms with Crippen LogP contribution in [0.4, 0.5) is 0 Å².